The zero-order valence-electron chi connectivity index (χ0n) is 15.9. The van der Waals surface area contributed by atoms with Crippen molar-refractivity contribution in [2.45, 2.75) is 25.6 Å². The molecule has 3 aromatic rings. The Morgan fingerprint density at radius 3 is 2.41 bits per heavy atom. The molecule has 1 aliphatic rings. The molecule has 2 heterocycles. The molecule has 0 spiro atoms. The maximum absolute atomic E-state index is 12.8. The number of hydrogen-bond donors (Lipinski definition) is 2. The molecule has 0 radical (unpaired) electrons. The molecule has 0 bridgehead atoms. The van der Waals surface area contributed by atoms with Crippen molar-refractivity contribution in [3.8, 4) is 0 Å². The molecule has 0 saturated carbocycles. The summed E-state index contributed by atoms with van der Waals surface area (Å²) in [6, 6.07) is 19.8. The van der Waals surface area contributed by atoms with E-state index < -0.39 is 6.10 Å². The highest BCUT2D eigenvalue weighted by Gasteiger charge is 2.27. The predicted molar refractivity (Wildman–Crippen MR) is 108 cm³/mol. The molecule has 2 aromatic carbocycles. The summed E-state index contributed by atoms with van der Waals surface area (Å²) in [6.07, 6.45) is -0.506. The summed E-state index contributed by atoms with van der Waals surface area (Å²) >= 11 is 0. The summed E-state index contributed by atoms with van der Waals surface area (Å²) < 4.78 is 1.77. The smallest absolute Gasteiger partial charge is 0.276 e. The van der Waals surface area contributed by atoms with Gasteiger partial charge < -0.3 is 15.3 Å². The number of nitrogens with one attached hydrogen (secondary N) is 1. The average Bonchev–Trinajstić information content (AvgIpc) is 3.06. The molecule has 0 saturated heterocycles. The maximum atomic E-state index is 12.8. The third-order valence-corrected chi connectivity index (χ3v) is 4.94. The number of para-hydroxylation sites is 1. The summed E-state index contributed by atoms with van der Waals surface area (Å²) in [6.45, 7) is 1.44. The van der Waals surface area contributed by atoms with E-state index in [1.165, 1.54) is 0 Å². The fourth-order valence-electron chi connectivity index (χ4n) is 3.43. The second kappa shape index (κ2) is 8.28. The van der Waals surface area contributed by atoms with Gasteiger partial charge in [-0.2, -0.15) is 5.10 Å². The number of benzene rings is 2. The highest BCUT2D eigenvalue weighted by molar-refractivity contribution is 6.02. The van der Waals surface area contributed by atoms with E-state index in [1.807, 2.05) is 36.4 Å². The van der Waals surface area contributed by atoms with Crippen molar-refractivity contribution in [3.05, 3.63) is 83.7 Å². The molecular weight excluding hydrogens is 368 g/mol. The van der Waals surface area contributed by atoms with E-state index in [1.54, 1.807) is 39.9 Å². The Labute approximate surface area is 168 Å². The van der Waals surface area contributed by atoms with Crippen LogP contribution in [0.25, 0.3) is 0 Å². The van der Waals surface area contributed by atoms with E-state index in [-0.39, 0.29) is 11.8 Å². The molecule has 7 nitrogen and oxygen atoms in total. The van der Waals surface area contributed by atoms with Crippen LogP contribution >= 0.6 is 0 Å². The molecule has 1 atom stereocenters. The molecule has 0 fully saturated rings. The van der Waals surface area contributed by atoms with Gasteiger partial charge in [0.1, 0.15) is 0 Å². The van der Waals surface area contributed by atoms with Crippen LogP contribution in [0.3, 0.4) is 0 Å². The van der Waals surface area contributed by atoms with E-state index in [0.29, 0.717) is 43.0 Å². The Kier molecular flexibility index (Phi) is 5.39. The van der Waals surface area contributed by atoms with E-state index >= 15 is 0 Å². The Balaban J connectivity index is 1.49. The van der Waals surface area contributed by atoms with Crippen LogP contribution in [0.15, 0.2) is 66.7 Å². The van der Waals surface area contributed by atoms with Gasteiger partial charge in [-0.1, -0.05) is 48.5 Å². The molecule has 7 heteroatoms. The van der Waals surface area contributed by atoms with Crippen LogP contribution in [0.5, 0.6) is 0 Å². The van der Waals surface area contributed by atoms with Crippen molar-refractivity contribution in [2.24, 2.45) is 0 Å². The maximum Gasteiger partial charge on any atom is 0.276 e. The third-order valence-electron chi connectivity index (χ3n) is 4.94. The number of aliphatic hydroxyl groups excluding tert-OH is 1. The molecule has 1 aromatic heterocycles. The molecule has 1 aliphatic heterocycles. The Morgan fingerprint density at radius 1 is 1.00 bits per heavy atom. The second-order valence-corrected chi connectivity index (χ2v) is 6.99. The normalized spacial score (nSPS) is 14.6. The summed E-state index contributed by atoms with van der Waals surface area (Å²) in [7, 11) is 0. The minimum atomic E-state index is -1.20. The van der Waals surface area contributed by atoms with Gasteiger partial charge in [-0.05, 0) is 30.2 Å². The van der Waals surface area contributed by atoms with E-state index in [2.05, 4.69) is 10.4 Å². The number of nitrogens with zero attached hydrogens (tertiary/aromatic N) is 3. The van der Waals surface area contributed by atoms with E-state index in [9.17, 15) is 14.7 Å². The summed E-state index contributed by atoms with van der Waals surface area (Å²) in [5.41, 5.74) is 2.35. The first-order valence-corrected chi connectivity index (χ1v) is 9.57. The lowest BCUT2D eigenvalue weighted by Crippen LogP contribution is -2.34. The number of aryl methyl sites for hydroxylation is 1. The van der Waals surface area contributed by atoms with E-state index in [0.717, 1.165) is 5.69 Å². The Morgan fingerprint density at radius 2 is 1.69 bits per heavy atom. The van der Waals surface area contributed by atoms with Crippen LogP contribution in [0.1, 0.15) is 34.3 Å². The number of aliphatic hydroxyl groups is 1. The largest absolute Gasteiger partial charge is 0.378 e. The van der Waals surface area contributed by atoms with Crippen LogP contribution in [0.4, 0.5) is 5.69 Å². The molecule has 29 heavy (non-hydrogen) atoms. The number of hydrogen-bond acceptors (Lipinski definition) is 4. The first-order valence-electron chi connectivity index (χ1n) is 9.57. The lowest BCUT2D eigenvalue weighted by molar-refractivity contribution is -0.141. The number of rotatable bonds is 4. The fourth-order valence-corrected chi connectivity index (χ4v) is 3.43. The van der Waals surface area contributed by atoms with Gasteiger partial charge in [0.05, 0.1) is 12.2 Å². The average molecular weight is 390 g/mol. The standard InChI is InChI=1S/C22H22N4O3/c27-20(16-8-3-1-4-9-16)22(29)25-12-7-13-26-18(15-25)14-19(24-26)21(28)23-17-10-5-2-6-11-17/h1-6,8-11,14,20,27H,7,12-13,15H2,(H,23,28)/t20-/m1/s1. The number of carbonyl (C=O) groups excluding carboxylic acids is 2. The van der Waals surface area contributed by atoms with Gasteiger partial charge in [-0.25, -0.2) is 0 Å². The third kappa shape index (κ3) is 4.20. The molecule has 0 unspecified atom stereocenters. The first kappa shape index (κ1) is 18.9. The Hall–Kier alpha value is -3.45. The highest BCUT2D eigenvalue weighted by Crippen LogP contribution is 2.20. The molecule has 4 rings (SSSR count). The van der Waals surface area contributed by atoms with Crippen molar-refractivity contribution in [2.75, 3.05) is 11.9 Å². The molecular formula is C22H22N4O3. The number of amides is 2. The van der Waals surface area contributed by atoms with Crippen molar-refractivity contribution >= 4 is 17.5 Å². The van der Waals surface area contributed by atoms with Crippen molar-refractivity contribution in [3.63, 3.8) is 0 Å². The van der Waals surface area contributed by atoms with Gasteiger partial charge in [0.2, 0.25) is 0 Å². The minimum Gasteiger partial charge on any atom is -0.378 e. The van der Waals surface area contributed by atoms with Crippen LogP contribution in [0.2, 0.25) is 0 Å². The number of anilines is 1. The summed E-state index contributed by atoms with van der Waals surface area (Å²) in [4.78, 5) is 27.0. The van der Waals surface area contributed by atoms with Gasteiger partial charge in [-0.3, -0.25) is 14.3 Å². The minimum absolute atomic E-state index is 0.293. The van der Waals surface area contributed by atoms with Crippen LogP contribution in [0, 0.1) is 0 Å². The number of carbonyl (C=O) groups is 2. The van der Waals surface area contributed by atoms with Crippen molar-refractivity contribution < 1.29 is 14.7 Å². The summed E-state index contributed by atoms with van der Waals surface area (Å²) in [5, 5.41) is 17.7. The summed E-state index contributed by atoms with van der Waals surface area (Å²) in [5.74, 6) is -0.639. The van der Waals surface area contributed by atoms with Crippen molar-refractivity contribution in [1.82, 2.24) is 14.7 Å². The van der Waals surface area contributed by atoms with Crippen LogP contribution in [-0.4, -0.2) is 38.1 Å². The fraction of sp³-hybridized carbons (Fsp3) is 0.227. The zero-order valence-corrected chi connectivity index (χ0v) is 15.9. The first-order chi connectivity index (χ1) is 14.1. The molecule has 148 valence electrons. The second-order valence-electron chi connectivity index (χ2n) is 6.99. The Bertz CT molecular complexity index is 1000. The lowest BCUT2D eigenvalue weighted by Gasteiger charge is -2.23. The zero-order chi connectivity index (χ0) is 20.2. The highest BCUT2D eigenvalue weighted by atomic mass is 16.3. The molecule has 2 amide bonds. The monoisotopic (exact) mass is 390 g/mol. The van der Waals surface area contributed by atoms with Gasteiger partial charge in [0.15, 0.2) is 11.8 Å². The lowest BCUT2D eigenvalue weighted by atomic mass is 10.1. The van der Waals surface area contributed by atoms with Gasteiger partial charge in [0.25, 0.3) is 11.8 Å². The van der Waals surface area contributed by atoms with Crippen LogP contribution in [-0.2, 0) is 17.9 Å². The topological polar surface area (TPSA) is 87.5 Å². The quantitative estimate of drug-likeness (QED) is 0.717. The van der Waals surface area contributed by atoms with E-state index in [4.69, 9.17) is 0 Å². The van der Waals surface area contributed by atoms with Crippen molar-refractivity contribution in [1.29, 1.82) is 0 Å². The molecule has 0 aliphatic carbocycles. The molecule has 2 N–H and O–H groups in total. The van der Waals surface area contributed by atoms with Gasteiger partial charge in [0, 0.05) is 18.8 Å². The van der Waals surface area contributed by atoms with Crippen LogP contribution < -0.4 is 5.32 Å². The van der Waals surface area contributed by atoms with Gasteiger partial charge in [-0.15, -0.1) is 0 Å². The van der Waals surface area contributed by atoms with Gasteiger partial charge >= 0.3 is 0 Å². The number of fused-ring (bicyclic) bond motifs is 1. The predicted octanol–water partition coefficient (Wildman–Crippen LogP) is 2.60. The number of aromatic nitrogens is 2. The SMILES string of the molecule is O=C(Nc1ccccc1)c1cc2n(n1)CCCN(C(=O)[C@H](O)c1ccccc1)C2.